The summed E-state index contributed by atoms with van der Waals surface area (Å²) in [5.74, 6) is 0.142. The standard InChI is InChI=1S/C16H21N3O3S/c1-11(13-6-5-12-3-2-4-14(12)9-13)18-19-16(20)17-15-7-8-23(21,22)10-15/h5-6,9,15H,2-4,7-8,10H2,1H3,(H2,17,19,20)/b18-11+. The van der Waals surface area contributed by atoms with E-state index in [4.69, 9.17) is 0 Å². The maximum Gasteiger partial charge on any atom is 0.335 e. The molecule has 1 aromatic carbocycles. The van der Waals surface area contributed by atoms with Crippen molar-refractivity contribution in [3.8, 4) is 0 Å². The molecule has 2 amide bonds. The number of urea groups is 1. The molecule has 0 spiro atoms. The van der Waals surface area contributed by atoms with Gasteiger partial charge in [-0.05, 0) is 55.4 Å². The van der Waals surface area contributed by atoms with Gasteiger partial charge >= 0.3 is 6.03 Å². The van der Waals surface area contributed by atoms with Gasteiger partial charge in [-0.3, -0.25) is 0 Å². The van der Waals surface area contributed by atoms with E-state index in [2.05, 4.69) is 28.0 Å². The number of carbonyl (C=O) groups is 1. The van der Waals surface area contributed by atoms with Crippen molar-refractivity contribution in [1.82, 2.24) is 10.7 Å². The van der Waals surface area contributed by atoms with E-state index in [9.17, 15) is 13.2 Å². The predicted octanol–water partition coefficient (Wildman–Crippen LogP) is 1.39. The second kappa shape index (κ2) is 6.31. The Kier molecular flexibility index (Phi) is 4.39. The third-order valence-corrected chi connectivity index (χ3v) is 6.18. The van der Waals surface area contributed by atoms with Crippen LogP contribution in [0, 0.1) is 0 Å². The molecule has 1 atom stereocenters. The molecule has 1 unspecified atom stereocenters. The van der Waals surface area contributed by atoms with Crippen molar-refractivity contribution in [1.29, 1.82) is 0 Å². The Labute approximate surface area is 136 Å². The third-order valence-electron chi connectivity index (χ3n) is 4.41. The van der Waals surface area contributed by atoms with Gasteiger partial charge in [0.2, 0.25) is 0 Å². The molecule has 1 fully saturated rings. The molecule has 124 valence electrons. The highest BCUT2D eigenvalue weighted by Crippen LogP contribution is 2.23. The molecule has 3 rings (SSSR count). The van der Waals surface area contributed by atoms with E-state index in [1.54, 1.807) is 0 Å². The molecule has 1 saturated heterocycles. The maximum atomic E-state index is 11.8. The Morgan fingerprint density at radius 1 is 1.26 bits per heavy atom. The smallest absolute Gasteiger partial charge is 0.333 e. The topological polar surface area (TPSA) is 87.6 Å². The van der Waals surface area contributed by atoms with Crippen molar-refractivity contribution >= 4 is 21.6 Å². The molecular weight excluding hydrogens is 314 g/mol. The summed E-state index contributed by atoms with van der Waals surface area (Å²) in [6.07, 6.45) is 3.89. The van der Waals surface area contributed by atoms with Crippen molar-refractivity contribution in [2.75, 3.05) is 11.5 Å². The quantitative estimate of drug-likeness (QED) is 0.646. The third kappa shape index (κ3) is 3.90. The molecule has 7 heteroatoms. The summed E-state index contributed by atoms with van der Waals surface area (Å²) in [6.45, 7) is 1.84. The number of sulfone groups is 1. The first-order valence-electron chi connectivity index (χ1n) is 7.86. The van der Waals surface area contributed by atoms with Crippen molar-refractivity contribution in [2.45, 2.75) is 38.6 Å². The number of nitrogens with zero attached hydrogens (tertiary/aromatic N) is 1. The van der Waals surface area contributed by atoms with E-state index in [1.807, 2.05) is 13.0 Å². The Morgan fingerprint density at radius 3 is 2.78 bits per heavy atom. The van der Waals surface area contributed by atoms with Crippen LogP contribution in [-0.2, 0) is 22.7 Å². The number of aryl methyl sites for hydroxylation is 2. The number of fused-ring (bicyclic) bond motifs is 1. The summed E-state index contributed by atoms with van der Waals surface area (Å²) < 4.78 is 22.7. The molecule has 0 radical (unpaired) electrons. The second-order valence-corrected chi connectivity index (χ2v) is 8.45. The van der Waals surface area contributed by atoms with Crippen LogP contribution in [0.25, 0.3) is 0 Å². The molecule has 0 aromatic heterocycles. The highest BCUT2D eigenvalue weighted by molar-refractivity contribution is 7.91. The summed E-state index contributed by atoms with van der Waals surface area (Å²) in [6, 6.07) is 5.49. The summed E-state index contributed by atoms with van der Waals surface area (Å²) in [5, 5.41) is 6.75. The van der Waals surface area contributed by atoms with Gasteiger partial charge in [0, 0.05) is 6.04 Å². The van der Waals surface area contributed by atoms with Crippen molar-refractivity contribution in [3.63, 3.8) is 0 Å². The minimum absolute atomic E-state index is 0.00788. The summed E-state index contributed by atoms with van der Waals surface area (Å²) in [5.41, 5.74) is 6.93. The first-order chi connectivity index (χ1) is 10.9. The number of hydrazone groups is 1. The van der Waals surface area contributed by atoms with E-state index < -0.39 is 15.9 Å². The van der Waals surface area contributed by atoms with E-state index in [0.29, 0.717) is 6.42 Å². The lowest BCUT2D eigenvalue weighted by atomic mass is 10.0. The molecule has 1 aliphatic heterocycles. The maximum absolute atomic E-state index is 11.8. The highest BCUT2D eigenvalue weighted by atomic mass is 32.2. The number of hydrogen-bond donors (Lipinski definition) is 2. The molecule has 0 saturated carbocycles. The summed E-state index contributed by atoms with van der Waals surface area (Å²) >= 11 is 0. The number of benzene rings is 1. The lowest BCUT2D eigenvalue weighted by molar-refractivity contribution is 0.238. The van der Waals surface area contributed by atoms with Gasteiger partial charge in [0.1, 0.15) is 0 Å². The minimum atomic E-state index is -3.00. The molecule has 23 heavy (non-hydrogen) atoms. The predicted molar refractivity (Wildman–Crippen MR) is 89.4 cm³/mol. The van der Waals surface area contributed by atoms with Crippen LogP contribution in [0.2, 0.25) is 0 Å². The van der Waals surface area contributed by atoms with E-state index in [0.717, 1.165) is 24.1 Å². The van der Waals surface area contributed by atoms with Gasteiger partial charge < -0.3 is 5.32 Å². The van der Waals surface area contributed by atoms with Gasteiger partial charge in [-0.2, -0.15) is 5.10 Å². The van der Waals surface area contributed by atoms with Gasteiger partial charge in [0.15, 0.2) is 9.84 Å². The zero-order valence-corrected chi connectivity index (χ0v) is 13.9. The Morgan fingerprint density at radius 2 is 2.04 bits per heavy atom. The number of rotatable bonds is 3. The number of amides is 2. The summed E-state index contributed by atoms with van der Waals surface area (Å²) in [4.78, 5) is 11.8. The van der Waals surface area contributed by atoms with Gasteiger partial charge in [-0.25, -0.2) is 18.6 Å². The SMILES string of the molecule is C/C(=N\NC(=O)NC1CCS(=O)(=O)C1)c1ccc2c(c1)CCC2. The monoisotopic (exact) mass is 335 g/mol. The van der Waals surface area contributed by atoms with E-state index >= 15 is 0 Å². The lowest BCUT2D eigenvalue weighted by Gasteiger charge is -2.10. The van der Waals surface area contributed by atoms with Crippen molar-refractivity contribution < 1.29 is 13.2 Å². The Hall–Kier alpha value is -1.89. The highest BCUT2D eigenvalue weighted by Gasteiger charge is 2.28. The zero-order valence-electron chi connectivity index (χ0n) is 13.1. The van der Waals surface area contributed by atoms with Crippen LogP contribution < -0.4 is 10.7 Å². The molecular formula is C16H21N3O3S. The fourth-order valence-corrected chi connectivity index (χ4v) is 4.80. The minimum Gasteiger partial charge on any atom is -0.333 e. The molecule has 0 bridgehead atoms. The van der Waals surface area contributed by atoms with Crippen molar-refractivity contribution in [3.05, 3.63) is 34.9 Å². The van der Waals surface area contributed by atoms with Crippen molar-refractivity contribution in [2.24, 2.45) is 5.10 Å². The Bertz CT molecular complexity index is 756. The van der Waals surface area contributed by atoms with Crippen LogP contribution in [0.15, 0.2) is 23.3 Å². The average Bonchev–Trinajstić information content (AvgIpc) is 3.10. The lowest BCUT2D eigenvalue weighted by Crippen LogP contribution is -2.41. The van der Waals surface area contributed by atoms with Crippen LogP contribution in [-0.4, -0.2) is 37.7 Å². The van der Waals surface area contributed by atoms with Gasteiger partial charge in [0.05, 0.1) is 17.2 Å². The molecule has 1 aliphatic carbocycles. The Balaban J connectivity index is 1.58. The van der Waals surface area contributed by atoms with Gasteiger partial charge in [0.25, 0.3) is 0 Å². The fraction of sp³-hybridized carbons (Fsp3) is 0.500. The molecule has 6 nitrogen and oxygen atoms in total. The first-order valence-corrected chi connectivity index (χ1v) is 9.68. The number of nitrogens with one attached hydrogen (secondary N) is 2. The van der Waals surface area contributed by atoms with Crippen LogP contribution >= 0.6 is 0 Å². The number of hydrogen-bond acceptors (Lipinski definition) is 4. The van der Waals surface area contributed by atoms with Crippen LogP contribution in [0.3, 0.4) is 0 Å². The average molecular weight is 335 g/mol. The van der Waals surface area contributed by atoms with E-state index in [-0.39, 0.29) is 17.5 Å². The van der Waals surface area contributed by atoms with E-state index in [1.165, 1.54) is 17.5 Å². The second-order valence-electron chi connectivity index (χ2n) is 6.22. The van der Waals surface area contributed by atoms with Crippen LogP contribution in [0.1, 0.15) is 36.5 Å². The molecule has 1 heterocycles. The van der Waals surface area contributed by atoms with Crippen LogP contribution in [0.4, 0.5) is 4.79 Å². The normalized spacial score (nSPS) is 22.7. The van der Waals surface area contributed by atoms with Gasteiger partial charge in [-0.15, -0.1) is 0 Å². The largest absolute Gasteiger partial charge is 0.335 e. The summed E-state index contributed by atoms with van der Waals surface area (Å²) in [7, 11) is -3.00. The first kappa shape index (κ1) is 16.0. The number of carbonyl (C=O) groups excluding carboxylic acids is 1. The molecule has 2 N–H and O–H groups in total. The molecule has 1 aromatic rings. The molecule has 2 aliphatic rings. The zero-order chi connectivity index (χ0) is 16.4. The van der Waals surface area contributed by atoms with Gasteiger partial charge in [-0.1, -0.05) is 12.1 Å². The fourth-order valence-electron chi connectivity index (χ4n) is 3.12. The van der Waals surface area contributed by atoms with Crippen LogP contribution in [0.5, 0.6) is 0 Å².